The van der Waals surface area contributed by atoms with Gasteiger partial charge < -0.3 is 14.6 Å². The fraction of sp³-hybridized carbons (Fsp3) is 0.318. The van der Waals surface area contributed by atoms with Crippen molar-refractivity contribution >= 4 is 17.8 Å². The molecule has 0 bridgehead atoms. The number of ether oxygens (including phenoxy) is 2. The van der Waals surface area contributed by atoms with Crippen molar-refractivity contribution in [2.75, 3.05) is 6.67 Å². The van der Waals surface area contributed by atoms with E-state index in [1.165, 1.54) is 0 Å². The molecule has 1 aliphatic heterocycles. The zero-order valence-corrected chi connectivity index (χ0v) is 17.0. The van der Waals surface area contributed by atoms with Crippen LogP contribution >= 0.6 is 0 Å². The second-order valence-electron chi connectivity index (χ2n) is 7.79. The number of amidine groups is 1. The van der Waals surface area contributed by atoms with Crippen molar-refractivity contribution in [2.45, 2.75) is 38.4 Å². The molecule has 3 rings (SSSR count). The molecular weight excluding hydrogens is 386 g/mol. The molecule has 0 aliphatic carbocycles. The van der Waals surface area contributed by atoms with Crippen LogP contribution in [-0.2, 0) is 16.0 Å². The minimum Gasteiger partial charge on any atom is -0.479 e. The van der Waals surface area contributed by atoms with E-state index < -0.39 is 23.1 Å². The number of hydrogen-bond acceptors (Lipinski definition) is 7. The van der Waals surface area contributed by atoms with E-state index >= 15 is 0 Å². The summed E-state index contributed by atoms with van der Waals surface area (Å²) in [5.74, 6) is -1.24. The second-order valence-corrected chi connectivity index (χ2v) is 7.79. The van der Waals surface area contributed by atoms with Crippen molar-refractivity contribution in [3.05, 3.63) is 65.7 Å². The highest BCUT2D eigenvalue weighted by molar-refractivity contribution is 6.09. The van der Waals surface area contributed by atoms with Gasteiger partial charge in [0.2, 0.25) is 5.60 Å². The Balaban J connectivity index is 1.84. The highest BCUT2D eigenvalue weighted by Gasteiger charge is 2.49. The van der Waals surface area contributed by atoms with Gasteiger partial charge >= 0.3 is 11.9 Å². The van der Waals surface area contributed by atoms with Gasteiger partial charge in [-0.15, -0.1) is 5.11 Å². The fourth-order valence-electron chi connectivity index (χ4n) is 3.04. The molecule has 0 saturated carbocycles. The Hall–Kier alpha value is -3.39. The minimum absolute atomic E-state index is 0.0224. The molecule has 8 heteroatoms. The van der Waals surface area contributed by atoms with Gasteiger partial charge in [0.15, 0.2) is 12.5 Å². The maximum absolute atomic E-state index is 12.3. The molecule has 0 radical (unpaired) electrons. The summed E-state index contributed by atoms with van der Waals surface area (Å²) >= 11 is 0. The van der Waals surface area contributed by atoms with E-state index in [-0.39, 0.29) is 18.9 Å². The molecule has 1 aliphatic rings. The van der Waals surface area contributed by atoms with Crippen LogP contribution < -0.4 is 4.74 Å². The summed E-state index contributed by atoms with van der Waals surface area (Å²) in [7, 11) is 0. The average molecular weight is 409 g/mol. The SMILES string of the molecule is CC(C)(C)OC(Cc1ccc(C(=O)Oc2ccccc2)cc1)(C(=O)O)C1=NCN=N1. The second kappa shape index (κ2) is 8.54. The monoisotopic (exact) mass is 409 g/mol. The van der Waals surface area contributed by atoms with Crippen molar-refractivity contribution in [1.82, 2.24) is 0 Å². The third kappa shape index (κ3) is 4.96. The maximum Gasteiger partial charge on any atom is 0.344 e. The van der Waals surface area contributed by atoms with Crippen molar-refractivity contribution in [3.63, 3.8) is 0 Å². The summed E-state index contributed by atoms with van der Waals surface area (Å²) in [6.45, 7) is 5.36. The third-order valence-electron chi connectivity index (χ3n) is 4.23. The lowest BCUT2D eigenvalue weighted by Gasteiger charge is -2.34. The number of esters is 1. The Bertz CT molecular complexity index is 978. The Kier molecular flexibility index (Phi) is 6.07. The van der Waals surface area contributed by atoms with Gasteiger partial charge in [-0.3, -0.25) is 0 Å². The highest BCUT2D eigenvalue weighted by Crippen LogP contribution is 2.29. The standard InChI is InChI=1S/C22H23N3O5/c1-21(2,3)30-22(20(27)28,19-23-14-24-25-19)13-15-9-11-16(12-10-15)18(26)29-17-7-5-4-6-8-17/h4-12H,13-14H2,1-3H3,(H,27,28). The summed E-state index contributed by atoms with van der Waals surface area (Å²) < 4.78 is 11.3. The number of para-hydroxylation sites is 1. The summed E-state index contributed by atoms with van der Waals surface area (Å²) in [6, 6.07) is 15.3. The summed E-state index contributed by atoms with van der Waals surface area (Å²) in [6.07, 6.45) is -0.0224. The zero-order valence-electron chi connectivity index (χ0n) is 17.0. The number of hydrogen-bond donors (Lipinski definition) is 1. The van der Waals surface area contributed by atoms with Crippen LogP contribution in [0.4, 0.5) is 0 Å². The molecule has 2 aromatic carbocycles. The lowest BCUT2D eigenvalue weighted by Crippen LogP contribution is -2.53. The lowest BCUT2D eigenvalue weighted by atomic mass is 9.91. The van der Waals surface area contributed by atoms with E-state index in [0.717, 1.165) is 0 Å². The van der Waals surface area contributed by atoms with E-state index in [9.17, 15) is 14.7 Å². The van der Waals surface area contributed by atoms with Crippen LogP contribution in [-0.4, -0.2) is 40.8 Å². The van der Waals surface area contributed by atoms with Crippen LogP contribution in [0, 0.1) is 0 Å². The Morgan fingerprint density at radius 2 is 1.70 bits per heavy atom. The topological polar surface area (TPSA) is 110 Å². The molecule has 0 spiro atoms. The Labute approximate surface area is 174 Å². The van der Waals surface area contributed by atoms with Crippen molar-refractivity contribution < 1.29 is 24.2 Å². The van der Waals surface area contributed by atoms with Gasteiger partial charge in [-0.05, 0) is 50.6 Å². The van der Waals surface area contributed by atoms with Gasteiger partial charge in [-0.1, -0.05) is 30.3 Å². The zero-order chi connectivity index (χ0) is 21.8. The van der Waals surface area contributed by atoms with Crippen molar-refractivity contribution in [3.8, 4) is 5.75 Å². The molecule has 1 atom stereocenters. The molecule has 30 heavy (non-hydrogen) atoms. The number of carboxylic acids is 1. The molecule has 8 nitrogen and oxygen atoms in total. The van der Waals surface area contributed by atoms with E-state index in [2.05, 4.69) is 15.2 Å². The molecule has 2 aromatic rings. The summed E-state index contributed by atoms with van der Waals surface area (Å²) in [5, 5.41) is 17.7. The molecule has 156 valence electrons. The number of aliphatic carboxylic acids is 1. The largest absolute Gasteiger partial charge is 0.479 e. The summed E-state index contributed by atoms with van der Waals surface area (Å²) in [4.78, 5) is 28.7. The van der Waals surface area contributed by atoms with Crippen molar-refractivity contribution in [2.24, 2.45) is 15.2 Å². The molecule has 1 heterocycles. The number of benzene rings is 2. The van der Waals surface area contributed by atoms with E-state index in [1.807, 2.05) is 6.07 Å². The van der Waals surface area contributed by atoms with Gasteiger partial charge in [-0.25, -0.2) is 14.6 Å². The number of nitrogens with zero attached hydrogens (tertiary/aromatic N) is 3. The van der Waals surface area contributed by atoms with E-state index in [1.54, 1.807) is 69.3 Å². The number of rotatable bonds is 7. The number of carbonyl (C=O) groups is 2. The highest BCUT2D eigenvalue weighted by atomic mass is 16.5. The number of carbonyl (C=O) groups excluding carboxylic acids is 1. The molecule has 0 amide bonds. The lowest BCUT2D eigenvalue weighted by molar-refractivity contribution is -0.170. The van der Waals surface area contributed by atoms with Gasteiger partial charge in [0.05, 0.1) is 11.2 Å². The van der Waals surface area contributed by atoms with Gasteiger partial charge in [-0.2, -0.15) is 5.11 Å². The Morgan fingerprint density at radius 1 is 1.03 bits per heavy atom. The normalized spacial score (nSPS) is 15.4. The van der Waals surface area contributed by atoms with Crippen molar-refractivity contribution in [1.29, 1.82) is 0 Å². The minimum atomic E-state index is -1.79. The predicted octanol–water partition coefficient (Wildman–Crippen LogP) is 3.91. The first kappa shape index (κ1) is 21.3. The molecule has 0 fully saturated rings. The van der Waals surface area contributed by atoms with Gasteiger partial charge in [0, 0.05) is 6.42 Å². The van der Waals surface area contributed by atoms with Gasteiger partial charge in [0.25, 0.3) is 0 Å². The van der Waals surface area contributed by atoms with Crippen LogP contribution in [0.3, 0.4) is 0 Å². The first-order valence-electron chi connectivity index (χ1n) is 9.42. The maximum atomic E-state index is 12.3. The number of aliphatic imine (C=N–C) groups is 1. The molecular formula is C22H23N3O5. The van der Waals surface area contributed by atoms with E-state index in [0.29, 0.717) is 16.9 Å². The van der Waals surface area contributed by atoms with Crippen LogP contribution in [0.2, 0.25) is 0 Å². The predicted molar refractivity (Wildman–Crippen MR) is 110 cm³/mol. The molecule has 1 N–H and O–H groups in total. The van der Waals surface area contributed by atoms with Crippen LogP contribution in [0.15, 0.2) is 69.8 Å². The summed E-state index contributed by atoms with van der Waals surface area (Å²) in [5.41, 5.74) is -1.57. The van der Waals surface area contributed by atoms with E-state index in [4.69, 9.17) is 9.47 Å². The fourth-order valence-corrected chi connectivity index (χ4v) is 3.04. The Morgan fingerprint density at radius 3 is 2.23 bits per heavy atom. The first-order valence-corrected chi connectivity index (χ1v) is 9.42. The van der Waals surface area contributed by atoms with Crippen LogP contribution in [0.1, 0.15) is 36.7 Å². The average Bonchev–Trinajstić information content (AvgIpc) is 3.23. The molecule has 0 saturated heterocycles. The first-order chi connectivity index (χ1) is 14.2. The molecule has 0 aromatic heterocycles. The third-order valence-corrected chi connectivity index (χ3v) is 4.23. The van der Waals surface area contributed by atoms with Gasteiger partial charge in [0.1, 0.15) is 5.75 Å². The number of azo groups is 1. The number of carboxylic acid groups (broad SMARTS) is 1. The van der Waals surface area contributed by atoms with Crippen LogP contribution in [0.5, 0.6) is 5.75 Å². The van der Waals surface area contributed by atoms with Crippen LogP contribution in [0.25, 0.3) is 0 Å². The quantitative estimate of drug-likeness (QED) is 0.551. The molecule has 1 unspecified atom stereocenters. The smallest absolute Gasteiger partial charge is 0.344 e.